The van der Waals surface area contributed by atoms with E-state index in [1.165, 1.54) is 4.31 Å². The largest absolute Gasteiger partial charge is 0.352 e. The van der Waals surface area contributed by atoms with Crippen molar-refractivity contribution >= 4 is 21.6 Å². The lowest BCUT2D eigenvalue weighted by Crippen LogP contribution is -2.45. The first-order valence-electron chi connectivity index (χ1n) is 9.48. The van der Waals surface area contributed by atoms with E-state index in [0.717, 1.165) is 16.7 Å². The third kappa shape index (κ3) is 5.13. The van der Waals surface area contributed by atoms with E-state index < -0.39 is 10.0 Å². The molecule has 0 aromatic heterocycles. The topological polar surface area (TPSA) is 66.5 Å². The molecule has 0 aliphatic rings. The average Bonchev–Trinajstić information content (AvgIpc) is 2.62. The Hall–Kier alpha value is -2.34. The molecule has 1 unspecified atom stereocenters. The molecular weight excluding hydrogens is 372 g/mol. The van der Waals surface area contributed by atoms with Crippen molar-refractivity contribution in [2.24, 2.45) is 5.92 Å². The van der Waals surface area contributed by atoms with Crippen LogP contribution in [0.3, 0.4) is 0 Å². The Morgan fingerprint density at radius 3 is 2.11 bits per heavy atom. The molecule has 2 rings (SSSR count). The van der Waals surface area contributed by atoms with Crippen LogP contribution >= 0.6 is 0 Å². The van der Waals surface area contributed by atoms with E-state index in [1.807, 2.05) is 47.6 Å². The Balaban J connectivity index is 2.44. The van der Waals surface area contributed by atoms with E-state index in [4.69, 9.17) is 0 Å². The van der Waals surface area contributed by atoms with Gasteiger partial charge in [-0.25, -0.2) is 8.42 Å². The molecule has 5 nitrogen and oxygen atoms in total. The van der Waals surface area contributed by atoms with Gasteiger partial charge in [0.25, 0.3) is 10.0 Å². The maximum absolute atomic E-state index is 13.3. The maximum atomic E-state index is 13.3. The summed E-state index contributed by atoms with van der Waals surface area (Å²) in [6.45, 7) is 11.5. The molecule has 1 N–H and O–H groups in total. The molecule has 6 heteroatoms. The summed E-state index contributed by atoms with van der Waals surface area (Å²) in [5.41, 5.74) is 3.49. The van der Waals surface area contributed by atoms with Crippen LogP contribution < -0.4 is 9.62 Å². The fourth-order valence-corrected chi connectivity index (χ4v) is 4.04. The van der Waals surface area contributed by atoms with E-state index in [0.29, 0.717) is 5.69 Å². The van der Waals surface area contributed by atoms with Gasteiger partial charge in [-0.15, -0.1) is 0 Å². The fraction of sp³-hybridized carbons (Fsp3) is 0.409. The first-order valence-corrected chi connectivity index (χ1v) is 10.9. The van der Waals surface area contributed by atoms with Crippen LogP contribution in [0.2, 0.25) is 0 Å². The third-order valence-electron chi connectivity index (χ3n) is 5.06. The molecule has 0 saturated carbocycles. The molecule has 0 bridgehead atoms. The van der Waals surface area contributed by atoms with E-state index in [-0.39, 0.29) is 29.3 Å². The molecule has 0 aliphatic heterocycles. The maximum Gasteiger partial charge on any atom is 0.264 e. The fourth-order valence-electron chi connectivity index (χ4n) is 2.63. The normalized spacial score (nSPS) is 12.7. The van der Waals surface area contributed by atoms with Gasteiger partial charge in [0, 0.05) is 6.04 Å². The SMILES string of the molecule is Cc1ccc(S(=O)(=O)N(CC(=O)NC(C)C(C)C)c2ccc(C)c(C)c2)cc1. The summed E-state index contributed by atoms with van der Waals surface area (Å²) in [5.74, 6) is -0.0668. The van der Waals surface area contributed by atoms with Crippen LogP contribution in [0, 0.1) is 26.7 Å². The standard InChI is InChI=1S/C22H30N2O3S/c1-15(2)19(6)23-22(25)14-24(20-10-9-17(4)18(5)13-20)28(26,27)21-11-7-16(3)8-12-21/h7-13,15,19H,14H2,1-6H3,(H,23,25). The second kappa shape index (κ2) is 8.78. The number of aryl methyl sites for hydroxylation is 3. The van der Waals surface area contributed by atoms with E-state index in [2.05, 4.69) is 5.32 Å². The van der Waals surface area contributed by atoms with Crippen molar-refractivity contribution in [1.29, 1.82) is 0 Å². The van der Waals surface area contributed by atoms with Crippen molar-refractivity contribution in [2.75, 3.05) is 10.8 Å². The first kappa shape index (κ1) is 22.0. The molecule has 1 atom stereocenters. The number of amides is 1. The predicted octanol–water partition coefficient (Wildman–Crippen LogP) is 3.97. The Morgan fingerprint density at radius 1 is 0.964 bits per heavy atom. The summed E-state index contributed by atoms with van der Waals surface area (Å²) in [6, 6.07) is 12.0. The van der Waals surface area contributed by atoms with Crippen molar-refractivity contribution in [3.8, 4) is 0 Å². The molecule has 0 radical (unpaired) electrons. The number of anilines is 1. The number of hydrogen-bond donors (Lipinski definition) is 1. The number of sulfonamides is 1. The molecule has 0 aliphatic carbocycles. The Morgan fingerprint density at radius 2 is 1.57 bits per heavy atom. The summed E-state index contributed by atoms with van der Waals surface area (Å²) >= 11 is 0. The molecular formula is C22H30N2O3S. The van der Waals surface area contributed by atoms with Crippen LogP contribution in [0.1, 0.15) is 37.5 Å². The van der Waals surface area contributed by atoms with Gasteiger partial charge in [0.2, 0.25) is 5.91 Å². The highest BCUT2D eigenvalue weighted by Crippen LogP contribution is 2.26. The minimum atomic E-state index is -3.88. The van der Waals surface area contributed by atoms with Gasteiger partial charge < -0.3 is 5.32 Å². The van der Waals surface area contributed by atoms with Crippen molar-refractivity contribution in [2.45, 2.75) is 52.5 Å². The summed E-state index contributed by atoms with van der Waals surface area (Å²) in [6.07, 6.45) is 0. The quantitative estimate of drug-likeness (QED) is 0.762. The van der Waals surface area contributed by atoms with E-state index in [9.17, 15) is 13.2 Å². The number of carbonyl (C=O) groups is 1. The van der Waals surface area contributed by atoms with Crippen molar-refractivity contribution in [1.82, 2.24) is 5.32 Å². The lowest BCUT2D eigenvalue weighted by Gasteiger charge is -2.26. The summed E-state index contributed by atoms with van der Waals surface area (Å²) < 4.78 is 27.9. The highest BCUT2D eigenvalue weighted by atomic mass is 32.2. The predicted molar refractivity (Wildman–Crippen MR) is 114 cm³/mol. The van der Waals surface area contributed by atoms with Gasteiger partial charge in [-0.05, 0) is 69.0 Å². The van der Waals surface area contributed by atoms with Gasteiger partial charge in [-0.2, -0.15) is 0 Å². The second-order valence-electron chi connectivity index (χ2n) is 7.69. The van der Waals surface area contributed by atoms with Crippen LogP contribution in [0.25, 0.3) is 0 Å². The number of benzene rings is 2. The zero-order valence-electron chi connectivity index (χ0n) is 17.5. The monoisotopic (exact) mass is 402 g/mol. The van der Waals surface area contributed by atoms with Gasteiger partial charge in [-0.1, -0.05) is 37.6 Å². The van der Waals surface area contributed by atoms with Gasteiger partial charge in [-0.3, -0.25) is 9.10 Å². The Labute approximate surface area is 168 Å². The molecule has 2 aromatic carbocycles. The molecule has 28 heavy (non-hydrogen) atoms. The highest BCUT2D eigenvalue weighted by molar-refractivity contribution is 7.92. The molecule has 1 amide bonds. The average molecular weight is 403 g/mol. The minimum absolute atomic E-state index is 0.0452. The summed E-state index contributed by atoms with van der Waals surface area (Å²) in [7, 11) is -3.88. The van der Waals surface area contributed by atoms with E-state index in [1.54, 1.807) is 36.4 Å². The molecule has 0 spiro atoms. The van der Waals surface area contributed by atoms with Crippen LogP contribution in [-0.4, -0.2) is 26.9 Å². The number of carbonyl (C=O) groups excluding carboxylic acids is 1. The van der Waals surface area contributed by atoms with Crippen molar-refractivity contribution in [3.05, 3.63) is 59.2 Å². The minimum Gasteiger partial charge on any atom is -0.352 e. The van der Waals surface area contributed by atoms with Crippen LogP contribution in [-0.2, 0) is 14.8 Å². The number of nitrogens with zero attached hydrogens (tertiary/aromatic N) is 1. The van der Waals surface area contributed by atoms with Gasteiger partial charge in [0.05, 0.1) is 10.6 Å². The van der Waals surface area contributed by atoms with Crippen LogP contribution in [0.15, 0.2) is 47.4 Å². The van der Waals surface area contributed by atoms with Gasteiger partial charge in [0.1, 0.15) is 6.54 Å². The van der Waals surface area contributed by atoms with Crippen molar-refractivity contribution < 1.29 is 13.2 Å². The summed E-state index contributed by atoms with van der Waals surface area (Å²) in [4.78, 5) is 12.8. The lowest BCUT2D eigenvalue weighted by molar-refractivity contribution is -0.120. The number of rotatable bonds is 7. The molecule has 2 aromatic rings. The highest BCUT2D eigenvalue weighted by Gasteiger charge is 2.28. The summed E-state index contributed by atoms with van der Waals surface area (Å²) in [5, 5.41) is 2.89. The number of nitrogens with one attached hydrogen (secondary N) is 1. The third-order valence-corrected chi connectivity index (χ3v) is 6.85. The Bertz CT molecular complexity index is 935. The Kier molecular flexibility index (Phi) is 6.88. The number of hydrogen-bond acceptors (Lipinski definition) is 3. The van der Waals surface area contributed by atoms with Crippen molar-refractivity contribution in [3.63, 3.8) is 0 Å². The molecule has 152 valence electrons. The smallest absolute Gasteiger partial charge is 0.264 e. The molecule has 0 fully saturated rings. The molecule has 0 heterocycles. The zero-order chi connectivity index (χ0) is 21.1. The zero-order valence-corrected chi connectivity index (χ0v) is 18.3. The van der Waals surface area contributed by atoms with Crippen LogP contribution in [0.4, 0.5) is 5.69 Å². The van der Waals surface area contributed by atoms with E-state index >= 15 is 0 Å². The van der Waals surface area contributed by atoms with Gasteiger partial charge >= 0.3 is 0 Å². The first-order chi connectivity index (χ1) is 13.0. The lowest BCUT2D eigenvalue weighted by atomic mass is 10.1. The van der Waals surface area contributed by atoms with Gasteiger partial charge in [0.15, 0.2) is 0 Å². The molecule has 0 saturated heterocycles. The van der Waals surface area contributed by atoms with Crippen LogP contribution in [0.5, 0.6) is 0 Å². The second-order valence-corrected chi connectivity index (χ2v) is 9.56.